The van der Waals surface area contributed by atoms with E-state index in [4.69, 9.17) is 9.84 Å². The molecule has 0 aromatic carbocycles. The first-order chi connectivity index (χ1) is 9.23. The third-order valence-corrected chi connectivity index (χ3v) is 4.86. The zero-order valence-corrected chi connectivity index (χ0v) is 12.3. The zero-order valence-electron chi connectivity index (χ0n) is 11.5. The lowest BCUT2D eigenvalue weighted by atomic mass is 10.3. The summed E-state index contributed by atoms with van der Waals surface area (Å²) in [6.45, 7) is 5.37. The predicted octanol–water partition coefficient (Wildman–Crippen LogP) is 0.214. The second kappa shape index (κ2) is 5.15. The van der Waals surface area contributed by atoms with E-state index in [1.807, 2.05) is 0 Å². The average Bonchev–Trinajstić information content (AvgIpc) is 2.70. The maximum Gasteiger partial charge on any atom is 0.340 e. The summed E-state index contributed by atoms with van der Waals surface area (Å²) in [4.78, 5) is 11.2. The molecule has 1 saturated heterocycles. The average molecular weight is 303 g/mol. The van der Waals surface area contributed by atoms with Crippen molar-refractivity contribution < 1.29 is 23.1 Å². The Hall–Kier alpha value is -1.45. The van der Waals surface area contributed by atoms with Crippen LogP contribution in [-0.4, -0.2) is 59.3 Å². The Kier molecular flexibility index (Phi) is 3.85. The first-order valence-electron chi connectivity index (χ1n) is 6.17. The monoisotopic (exact) mass is 303 g/mol. The van der Waals surface area contributed by atoms with Gasteiger partial charge < -0.3 is 9.84 Å². The number of ether oxygens (including phenoxy) is 1. The summed E-state index contributed by atoms with van der Waals surface area (Å²) in [6.07, 6.45) is -0.497. The third-order valence-electron chi connectivity index (χ3n) is 3.10. The Balaban J connectivity index is 2.43. The molecule has 9 heteroatoms. The number of aromatic carboxylic acids is 1. The van der Waals surface area contributed by atoms with Crippen molar-refractivity contribution in [2.45, 2.75) is 38.0 Å². The van der Waals surface area contributed by atoms with E-state index in [0.717, 1.165) is 0 Å². The number of nitrogens with one attached hydrogen (secondary N) is 1. The van der Waals surface area contributed by atoms with Gasteiger partial charge in [0.1, 0.15) is 5.56 Å². The molecule has 2 N–H and O–H groups in total. The molecule has 1 aliphatic heterocycles. The molecule has 0 amide bonds. The number of aromatic nitrogens is 2. The van der Waals surface area contributed by atoms with Gasteiger partial charge in [0.2, 0.25) is 5.03 Å². The summed E-state index contributed by atoms with van der Waals surface area (Å²) in [5.74, 6) is -1.32. The van der Waals surface area contributed by atoms with Crippen molar-refractivity contribution in [2.24, 2.45) is 0 Å². The van der Waals surface area contributed by atoms with Crippen molar-refractivity contribution in [1.29, 1.82) is 0 Å². The van der Waals surface area contributed by atoms with Crippen LogP contribution in [0.1, 0.15) is 29.9 Å². The van der Waals surface area contributed by atoms with E-state index in [1.165, 1.54) is 11.2 Å². The number of carboxylic acid groups (broad SMARTS) is 1. The lowest BCUT2D eigenvalue weighted by Gasteiger charge is -2.33. The highest BCUT2D eigenvalue weighted by atomic mass is 32.2. The Morgan fingerprint density at radius 3 is 2.45 bits per heavy atom. The predicted molar refractivity (Wildman–Crippen MR) is 69.1 cm³/mol. The van der Waals surface area contributed by atoms with Crippen LogP contribution >= 0.6 is 0 Å². The SMILES string of the molecule is Cc1[nH]nc(S(=O)(=O)N2CC(C)OC(C)C2)c1C(=O)O. The quantitative estimate of drug-likeness (QED) is 0.825. The highest BCUT2D eigenvalue weighted by molar-refractivity contribution is 7.89. The number of sulfonamides is 1. The standard InChI is InChI=1S/C11H17N3O5S/c1-6-4-14(5-7(2)19-6)20(17,18)10-9(11(15)16)8(3)12-13-10/h6-7H,4-5H2,1-3H3,(H,12,13)(H,15,16). The molecule has 20 heavy (non-hydrogen) atoms. The van der Waals surface area contributed by atoms with Crippen molar-refractivity contribution in [3.63, 3.8) is 0 Å². The number of aryl methyl sites for hydroxylation is 1. The summed E-state index contributed by atoms with van der Waals surface area (Å²) >= 11 is 0. The van der Waals surface area contributed by atoms with Crippen LogP contribution in [-0.2, 0) is 14.8 Å². The maximum atomic E-state index is 12.5. The first kappa shape index (κ1) is 14.9. The van der Waals surface area contributed by atoms with Crippen molar-refractivity contribution in [2.75, 3.05) is 13.1 Å². The molecule has 2 heterocycles. The summed E-state index contributed by atoms with van der Waals surface area (Å²) < 4.78 is 31.8. The molecule has 0 bridgehead atoms. The molecular weight excluding hydrogens is 286 g/mol. The van der Waals surface area contributed by atoms with Gasteiger partial charge >= 0.3 is 5.97 Å². The van der Waals surface area contributed by atoms with Crippen LogP contribution in [0.5, 0.6) is 0 Å². The van der Waals surface area contributed by atoms with Crippen LogP contribution in [0.25, 0.3) is 0 Å². The van der Waals surface area contributed by atoms with Crippen LogP contribution in [0.4, 0.5) is 0 Å². The third kappa shape index (κ3) is 2.56. The fraction of sp³-hybridized carbons (Fsp3) is 0.636. The molecule has 2 atom stereocenters. The van der Waals surface area contributed by atoms with Crippen molar-refractivity contribution in [1.82, 2.24) is 14.5 Å². The molecule has 1 aromatic rings. The van der Waals surface area contributed by atoms with Crippen molar-refractivity contribution in [3.8, 4) is 0 Å². The van der Waals surface area contributed by atoms with Crippen LogP contribution in [0.15, 0.2) is 5.03 Å². The molecule has 1 fully saturated rings. The minimum atomic E-state index is -3.95. The minimum Gasteiger partial charge on any atom is -0.478 e. The van der Waals surface area contributed by atoms with E-state index < -0.39 is 21.0 Å². The minimum absolute atomic E-state index is 0.178. The van der Waals surface area contributed by atoms with Gasteiger partial charge in [-0.1, -0.05) is 0 Å². The largest absolute Gasteiger partial charge is 0.478 e. The van der Waals surface area contributed by atoms with Crippen LogP contribution < -0.4 is 0 Å². The van der Waals surface area contributed by atoms with Gasteiger partial charge in [-0.25, -0.2) is 13.2 Å². The molecule has 112 valence electrons. The summed E-state index contributed by atoms with van der Waals surface area (Å²) in [5.41, 5.74) is -0.0952. The number of carboxylic acids is 1. The number of hydrogen-bond acceptors (Lipinski definition) is 5. The lowest BCUT2D eigenvalue weighted by Crippen LogP contribution is -2.48. The molecule has 0 aliphatic carbocycles. The van der Waals surface area contributed by atoms with Gasteiger partial charge in [-0.3, -0.25) is 5.10 Å². The van der Waals surface area contributed by atoms with Crippen molar-refractivity contribution >= 4 is 16.0 Å². The van der Waals surface area contributed by atoms with Gasteiger partial charge in [0.25, 0.3) is 10.0 Å². The highest BCUT2D eigenvalue weighted by Gasteiger charge is 2.37. The zero-order chi connectivity index (χ0) is 15.1. The van der Waals surface area contributed by atoms with Gasteiger partial charge in [-0.15, -0.1) is 0 Å². The van der Waals surface area contributed by atoms with E-state index in [9.17, 15) is 13.2 Å². The number of rotatable bonds is 3. The van der Waals surface area contributed by atoms with Gasteiger partial charge in [0.15, 0.2) is 0 Å². The molecular formula is C11H17N3O5S. The van der Waals surface area contributed by atoms with E-state index in [-0.39, 0.29) is 36.6 Å². The summed E-state index contributed by atoms with van der Waals surface area (Å²) in [7, 11) is -3.95. The highest BCUT2D eigenvalue weighted by Crippen LogP contribution is 2.23. The molecule has 8 nitrogen and oxygen atoms in total. The van der Waals surface area contributed by atoms with E-state index in [0.29, 0.717) is 0 Å². The molecule has 1 aromatic heterocycles. The summed E-state index contributed by atoms with van der Waals surface area (Å²) in [5, 5.41) is 14.8. The van der Waals surface area contributed by atoms with Gasteiger partial charge in [0.05, 0.1) is 12.2 Å². The van der Waals surface area contributed by atoms with Gasteiger partial charge in [-0.05, 0) is 20.8 Å². The Morgan fingerprint density at radius 1 is 1.40 bits per heavy atom. The fourth-order valence-corrected chi connectivity index (χ4v) is 4.01. The second-order valence-corrected chi connectivity index (χ2v) is 6.77. The van der Waals surface area contributed by atoms with Crippen LogP contribution in [0.2, 0.25) is 0 Å². The lowest BCUT2D eigenvalue weighted by molar-refractivity contribution is -0.0441. The summed E-state index contributed by atoms with van der Waals surface area (Å²) in [6, 6.07) is 0. The van der Waals surface area contributed by atoms with Crippen LogP contribution in [0.3, 0.4) is 0 Å². The Morgan fingerprint density at radius 2 is 1.95 bits per heavy atom. The van der Waals surface area contributed by atoms with Crippen molar-refractivity contribution in [3.05, 3.63) is 11.3 Å². The molecule has 2 unspecified atom stereocenters. The number of nitrogens with zero attached hydrogens (tertiary/aromatic N) is 2. The van der Waals surface area contributed by atoms with Crippen LogP contribution in [0, 0.1) is 6.92 Å². The number of H-pyrrole nitrogens is 1. The van der Waals surface area contributed by atoms with E-state index >= 15 is 0 Å². The maximum absolute atomic E-state index is 12.5. The van der Waals surface area contributed by atoms with Gasteiger partial charge in [0, 0.05) is 18.8 Å². The molecule has 2 rings (SSSR count). The first-order valence-corrected chi connectivity index (χ1v) is 7.61. The Labute approximate surface area is 116 Å². The van der Waals surface area contributed by atoms with Gasteiger partial charge in [-0.2, -0.15) is 9.40 Å². The molecule has 0 radical (unpaired) electrons. The second-order valence-electron chi connectivity index (χ2n) is 4.91. The number of morpholine rings is 1. The number of hydrogen-bond donors (Lipinski definition) is 2. The fourth-order valence-electron chi connectivity index (χ4n) is 2.29. The number of aromatic amines is 1. The topological polar surface area (TPSA) is 113 Å². The molecule has 0 spiro atoms. The molecule has 0 saturated carbocycles. The van der Waals surface area contributed by atoms with E-state index in [1.54, 1.807) is 13.8 Å². The number of carbonyl (C=O) groups is 1. The molecule has 1 aliphatic rings. The normalized spacial score (nSPS) is 24.8. The Bertz CT molecular complexity index is 614. The smallest absolute Gasteiger partial charge is 0.340 e. The van der Waals surface area contributed by atoms with E-state index in [2.05, 4.69) is 10.2 Å².